The van der Waals surface area contributed by atoms with Crippen molar-refractivity contribution < 1.29 is 22.7 Å². The monoisotopic (exact) mass is 599 g/mol. The molecule has 0 N–H and O–H groups in total. The van der Waals surface area contributed by atoms with Crippen molar-refractivity contribution in [2.45, 2.75) is 18.4 Å². The zero-order valence-corrected chi connectivity index (χ0v) is 24.0. The summed E-state index contributed by atoms with van der Waals surface area (Å²) in [5.41, 5.74) is 1.85. The molecule has 0 radical (unpaired) electrons. The number of piperazine rings is 1. The standard InChI is InChI=1S/C27H26ClN5O5S2/c1-2-38-27(35)31-12-14-32(15-13-31)40(36,37)22-8-5-20(6-9-22)25(34)33(18-19-4-3-11-29-17-19)26-30-23-10-7-21(28)16-24(23)39-26/h3-11,16-17H,2,12-15,18H2,1H3. The molecule has 1 aliphatic heterocycles. The third-order valence-corrected chi connectivity index (χ3v) is 9.57. The van der Waals surface area contributed by atoms with Crippen molar-refractivity contribution in [2.75, 3.05) is 37.7 Å². The van der Waals surface area contributed by atoms with Crippen molar-refractivity contribution in [1.82, 2.24) is 19.2 Å². The van der Waals surface area contributed by atoms with Crippen LogP contribution in [0.5, 0.6) is 0 Å². The van der Waals surface area contributed by atoms with Gasteiger partial charge in [-0.05, 0) is 61.0 Å². The van der Waals surface area contributed by atoms with E-state index >= 15 is 0 Å². The minimum atomic E-state index is -3.81. The van der Waals surface area contributed by atoms with Gasteiger partial charge in [-0.2, -0.15) is 4.31 Å². The third kappa shape index (κ3) is 5.94. The number of halogens is 1. The lowest BCUT2D eigenvalue weighted by Crippen LogP contribution is -2.50. The van der Waals surface area contributed by atoms with Gasteiger partial charge in [-0.25, -0.2) is 18.2 Å². The van der Waals surface area contributed by atoms with Crippen LogP contribution < -0.4 is 4.90 Å². The summed E-state index contributed by atoms with van der Waals surface area (Å²) in [5, 5.41) is 1.06. The average Bonchev–Trinajstić information content (AvgIpc) is 3.39. The van der Waals surface area contributed by atoms with E-state index in [1.54, 1.807) is 48.5 Å². The van der Waals surface area contributed by atoms with E-state index in [1.807, 2.05) is 6.07 Å². The van der Waals surface area contributed by atoms with Gasteiger partial charge >= 0.3 is 6.09 Å². The molecule has 0 bridgehead atoms. The summed E-state index contributed by atoms with van der Waals surface area (Å²) in [6.07, 6.45) is 2.89. The minimum Gasteiger partial charge on any atom is -0.450 e. The fourth-order valence-electron chi connectivity index (χ4n) is 4.30. The van der Waals surface area contributed by atoms with Gasteiger partial charge in [-0.15, -0.1) is 0 Å². The van der Waals surface area contributed by atoms with Gasteiger partial charge in [0.2, 0.25) is 10.0 Å². The third-order valence-electron chi connectivity index (χ3n) is 6.38. The normalized spacial score (nSPS) is 14.3. The van der Waals surface area contributed by atoms with Gasteiger partial charge in [0.05, 0.1) is 28.3 Å². The highest BCUT2D eigenvalue weighted by Crippen LogP contribution is 2.32. The number of hydrogen-bond acceptors (Lipinski definition) is 8. The fraction of sp³-hybridized carbons (Fsp3) is 0.259. The van der Waals surface area contributed by atoms with Gasteiger partial charge in [-0.3, -0.25) is 14.7 Å². The fourth-order valence-corrected chi connectivity index (χ4v) is 6.96. The summed E-state index contributed by atoms with van der Waals surface area (Å²) in [6, 6.07) is 14.9. The molecule has 4 aromatic rings. The first-order chi connectivity index (χ1) is 19.3. The molecule has 1 fully saturated rings. The van der Waals surface area contributed by atoms with E-state index in [4.69, 9.17) is 16.3 Å². The number of ether oxygens (including phenoxy) is 1. The van der Waals surface area contributed by atoms with Crippen LogP contribution in [0, 0.1) is 0 Å². The molecule has 2 aromatic heterocycles. The van der Waals surface area contributed by atoms with E-state index in [-0.39, 0.29) is 50.1 Å². The number of nitrogens with zero attached hydrogens (tertiary/aromatic N) is 5. The molecule has 1 saturated heterocycles. The Kier molecular flexibility index (Phi) is 8.31. The summed E-state index contributed by atoms with van der Waals surface area (Å²) >= 11 is 7.49. The summed E-state index contributed by atoms with van der Waals surface area (Å²) < 4.78 is 33.7. The molecule has 13 heteroatoms. The molecule has 0 saturated carbocycles. The Balaban J connectivity index is 1.37. The molecule has 40 heavy (non-hydrogen) atoms. The second-order valence-electron chi connectivity index (χ2n) is 8.98. The molecule has 0 aliphatic carbocycles. The molecule has 2 amide bonds. The number of thiazole rings is 1. The van der Waals surface area contributed by atoms with Crippen LogP contribution in [0.4, 0.5) is 9.93 Å². The molecule has 0 spiro atoms. The van der Waals surface area contributed by atoms with E-state index in [0.29, 0.717) is 15.7 Å². The lowest BCUT2D eigenvalue weighted by atomic mass is 10.2. The maximum absolute atomic E-state index is 13.7. The number of sulfonamides is 1. The van der Waals surface area contributed by atoms with Crippen LogP contribution in [0.25, 0.3) is 10.2 Å². The minimum absolute atomic E-state index is 0.0714. The van der Waals surface area contributed by atoms with Crippen LogP contribution in [-0.2, 0) is 21.3 Å². The van der Waals surface area contributed by atoms with E-state index < -0.39 is 16.1 Å². The molecular weight excluding hydrogens is 574 g/mol. The van der Waals surface area contributed by atoms with Crippen molar-refractivity contribution in [3.63, 3.8) is 0 Å². The van der Waals surface area contributed by atoms with Crippen molar-refractivity contribution >= 4 is 60.3 Å². The number of aromatic nitrogens is 2. The van der Waals surface area contributed by atoms with Gasteiger partial charge in [0, 0.05) is 49.2 Å². The molecule has 3 heterocycles. The lowest BCUT2D eigenvalue weighted by molar-refractivity contribution is 0.0933. The van der Waals surface area contributed by atoms with Crippen LogP contribution in [0.15, 0.2) is 71.9 Å². The molecule has 5 rings (SSSR count). The molecule has 10 nitrogen and oxygen atoms in total. The van der Waals surface area contributed by atoms with E-state index in [2.05, 4.69) is 9.97 Å². The molecule has 1 aliphatic rings. The van der Waals surface area contributed by atoms with Gasteiger partial charge in [0.25, 0.3) is 5.91 Å². The number of pyridine rings is 1. The van der Waals surface area contributed by atoms with Gasteiger partial charge < -0.3 is 9.64 Å². The highest BCUT2D eigenvalue weighted by atomic mass is 35.5. The maximum Gasteiger partial charge on any atom is 0.409 e. The van der Waals surface area contributed by atoms with E-state index in [9.17, 15) is 18.0 Å². The predicted molar refractivity (Wildman–Crippen MR) is 153 cm³/mol. The number of hydrogen-bond donors (Lipinski definition) is 0. The smallest absolute Gasteiger partial charge is 0.409 e. The summed E-state index contributed by atoms with van der Waals surface area (Å²) in [7, 11) is -3.81. The first-order valence-corrected chi connectivity index (χ1v) is 15.2. The Morgan fingerprint density at radius 2 is 1.82 bits per heavy atom. The zero-order chi connectivity index (χ0) is 28.3. The highest BCUT2D eigenvalue weighted by molar-refractivity contribution is 7.89. The Morgan fingerprint density at radius 3 is 2.50 bits per heavy atom. The van der Waals surface area contributed by atoms with Crippen molar-refractivity contribution in [1.29, 1.82) is 0 Å². The van der Waals surface area contributed by atoms with Crippen LogP contribution >= 0.6 is 22.9 Å². The molecule has 0 atom stereocenters. The second-order valence-corrected chi connectivity index (χ2v) is 12.4. The quantitative estimate of drug-likeness (QED) is 0.304. The number of anilines is 1. The first kappa shape index (κ1) is 28.0. The zero-order valence-electron chi connectivity index (χ0n) is 21.6. The van der Waals surface area contributed by atoms with Gasteiger partial charge in [0.15, 0.2) is 5.13 Å². The largest absolute Gasteiger partial charge is 0.450 e. The molecule has 0 unspecified atom stereocenters. The number of carbonyl (C=O) groups is 2. The van der Waals surface area contributed by atoms with Crippen molar-refractivity contribution in [3.8, 4) is 0 Å². The van der Waals surface area contributed by atoms with Crippen LogP contribution in [0.2, 0.25) is 5.02 Å². The summed E-state index contributed by atoms with van der Waals surface area (Å²) in [5.74, 6) is -0.332. The Morgan fingerprint density at radius 1 is 1.07 bits per heavy atom. The average molecular weight is 600 g/mol. The Bertz CT molecular complexity index is 1620. The van der Waals surface area contributed by atoms with Crippen molar-refractivity contribution in [2.24, 2.45) is 0 Å². The SMILES string of the molecule is CCOC(=O)N1CCN(S(=O)(=O)c2ccc(C(=O)N(Cc3cccnc3)c3nc4ccc(Cl)cc4s3)cc2)CC1. The van der Waals surface area contributed by atoms with Crippen LogP contribution in [0.1, 0.15) is 22.8 Å². The van der Waals surface area contributed by atoms with Gasteiger partial charge in [0.1, 0.15) is 0 Å². The summed E-state index contributed by atoms with van der Waals surface area (Å²) in [6.45, 7) is 3.00. The predicted octanol–water partition coefficient (Wildman–Crippen LogP) is 4.65. The lowest BCUT2D eigenvalue weighted by Gasteiger charge is -2.33. The Hall–Kier alpha value is -3.58. The highest BCUT2D eigenvalue weighted by Gasteiger charge is 2.31. The number of amides is 2. The van der Waals surface area contributed by atoms with Crippen molar-refractivity contribution in [3.05, 3.63) is 83.1 Å². The maximum atomic E-state index is 13.7. The number of benzene rings is 2. The molecule has 2 aromatic carbocycles. The number of fused-ring (bicyclic) bond motifs is 1. The molecule has 208 valence electrons. The Labute approximate surface area is 240 Å². The van der Waals surface area contributed by atoms with E-state index in [0.717, 1.165) is 15.8 Å². The van der Waals surface area contributed by atoms with Crippen LogP contribution in [0.3, 0.4) is 0 Å². The van der Waals surface area contributed by atoms with Gasteiger partial charge in [-0.1, -0.05) is 29.0 Å². The topological polar surface area (TPSA) is 113 Å². The number of carbonyl (C=O) groups excluding carboxylic acids is 2. The summed E-state index contributed by atoms with van der Waals surface area (Å²) in [4.78, 5) is 37.6. The van der Waals surface area contributed by atoms with E-state index in [1.165, 1.54) is 44.8 Å². The molecular formula is C27H26ClN5O5S2. The number of rotatable bonds is 7. The first-order valence-electron chi connectivity index (χ1n) is 12.5. The van der Waals surface area contributed by atoms with Crippen LogP contribution in [-0.4, -0.2) is 72.4 Å². The second kappa shape index (κ2) is 11.9.